The third kappa shape index (κ3) is 3.79. The molecule has 0 saturated heterocycles. The van der Waals surface area contributed by atoms with Gasteiger partial charge in [-0.2, -0.15) is 4.98 Å². The van der Waals surface area contributed by atoms with Crippen LogP contribution < -0.4 is 5.32 Å². The maximum atomic E-state index is 11.3. The van der Waals surface area contributed by atoms with E-state index in [0.29, 0.717) is 23.7 Å². The topological polar surface area (TPSA) is 77.2 Å². The number of esters is 1. The molecule has 20 heavy (non-hydrogen) atoms. The number of benzene rings is 1. The standard InChI is InChI=1S/C13H15N3O3.ClH/c1-14-8-7-11-15-12(19-16-11)9-3-5-10(6-4-9)13(17)18-2;/h3-6,14H,7-8H2,1-2H3;1H. The lowest BCUT2D eigenvalue weighted by molar-refractivity contribution is 0.0601. The summed E-state index contributed by atoms with van der Waals surface area (Å²) in [6.07, 6.45) is 0.709. The van der Waals surface area contributed by atoms with Crippen LogP contribution in [0.1, 0.15) is 16.2 Å². The average molecular weight is 298 g/mol. The van der Waals surface area contributed by atoms with Crippen molar-refractivity contribution in [2.45, 2.75) is 6.42 Å². The quantitative estimate of drug-likeness (QED) is 0.847. The molecule has 0 bridgehead atoms. The minimum Gasteiger partial charge on any atom is -0.465 e. The molecule has 0 atom stereocenters. The number of aromatic nitrogens is 2. The Morgan fingerprint density at radius 1 is 1.35 bits per heavy atom. The Balaban J connectivity index is 0.00000200. The molecule has 0 aliphatic carbocycles. The van der Waals surface area contributed by atoms with Gasteiger partial charge in [-0.05, 0) is 31.3 Å². The monoisotopic (exact) mass is 297 g/mol. The molecule has 108 valence electrons. The van der Waals surface area contributed by atoms with Crippen molar-refractivity contribution in [3.8, 4) is 11.5 Å². The summed E-state index contributed by atoms with van der Waals surface area (Å²) in [5.41, 5.74) is 1.26. The summed E-state index contributed by atoms with van der Waals surface area (Å²) in [5.74, 6) is 0.732. The number of halogens is 1. The van der Waals surface area contributed by atoms with Crippen LogP contribution in [0.15, 0.2) is 28.8 Å². The number of ether oxygens (including phenoxy) is 1. The number of rotatable bonds is 5. The number of nitrogens with one attached hydrogen (secondary N) is 1. The van der Waals surface area contributed by atoms with Gasteiger partial charge in [-0.25, -0.2) is 4.79 Å². The highest BCUT2D eigenvalue weighted by Crippen LogP contribution is 2.18. The van der Waals surface area contributed by atoms with E-state index in [4.69, 9.17) is 4.52 Å². The van der Waals surface area contributed by atoms with Crippen molar-refractivity contribution in [2.24, 2.45) is 0 Å². The van der Waals surface area contributed by atoms with E-state index in [1.807, 2.05) is 7.05 Å². The first kappa shape index (κ1) is 16.1. The molecule has 1 aromatic carbocycles. The SMILES string of the molecule is CNCCc1noc(-c2ccc(C(=O)OC)cc2)n1.Cl. The Morgan fingerprint density at radius 2 is 2.05 bits per heavy atom. The normalized spacial score (nSPS) is 9.90. The van der Waals surface area contributed by atoms with Crippen LogP contribution in [0.3, 0.4) is 0 Å². The van der Waals surface area contributed by atoms with Gasteiger partial charge in [0.05, 0.1) is 12.7 Å². The molecule has 0 fully saturated rings. The van der Waals surface area contributed by atoms with Gasteiger partial charge >= 0.3 is 5.97 Å². The van der Waals surface area contributed by atoms with E-state index >= 15 is 0 Å². The maximum absolute atomic E-state index is 11.3. The first-order chi connectivity index (χ1) is 9.24. The number of nitrogens with zero attached hydrogens (tertiary/aromatic N) is 2. The van der Waals surface area contributed by atoms with Crippen LogP contribution in [0.5, 0.6) is 0 Å². The zero-order valence-corrected chi connectivity index (χ0v) is 12.1. The third-order valence-corrected chi connectivity index (χ3v) is 2.62. The molecule has 0 spiro atoms. The lowest BCUT2D eigenvalue weighted by Gasteiger charge is -1.99. The Bertz CT molecular complexity index is 554. The molecule has 6 nitrogen and oxygen atoms in total. The lowest BCUT2D eigenvalue weighted by atomic mass is 10.1. The van der Waals surface area contributed by atoms with Crippen LogP contribution in [0.2, 0.25) is 0 Å². The number of carbonyl (C=O) groups is 1. The van der Waals surface area contributed by atoms with Crippen molar-refractivity contribution >= 4 is 18.4 Å². The summed E-state index contributed by atoms with van der Waals surface area (Å²) in [5, 5.41) is 6.90. The van der Waals surface area contributed by atoms with Crippen molar-refractivity contribution < 1.29 is 14.1 Å². The fourth-order valence-corrected chi connectivity index (χ4v) is 1.58. The fourth-order valence-electron chi connectivity index (χ4n) is 1.58. The zero-order chi connectivity index (χ0) is 13.7. The molecule has 0 radical (unpaired) electrons. The van der Waals surface area contributed by atoms with Gasteiger partial charge in [-0.1, -0.05) is 5.16 Å². The second-order valence-corrected chi connectivity index (χ2v) is 3.94. The zero-order valence-electron chi connectivity index (χ0n) is 11.3. The van der Waals surface area contributed by atoms with E-state index in [9.17, 15) is 4.79 Å². The second kappa shape index (κ2) is 7.62. The number of carbonyl (C=O) groups excluding carboxylic acids is 1. The molecule has 7 heteroatoms. The molecule has 0 saturated carbocycles. The first-order valence-electron chi connectivity index (χ1n) is 5.90. The van der Waals surface area contributed by atoms with Crippen molar-refractivity contribution in [3.63, 3.8) is 0 Å². The maximum Gasteiger partial charge on any atom is 0.337 e. The van der Waals surface area contributed by atoms with Gasteiger partial charge in [0.1, 0.15) is 0 Å². The largest absolute Gasteiger partial charge is 0.465 e. The van der Waals surface area contributed by atoms with Gasteiger partial charge in [-0.3, -0.25) is 0 Å². The molecule has 2 aromatic rings. The van der Waals surface area contributed by atoms with Crippen LogP contribution in [0, 0.1) is 0 Å². The van der Waals surface area contributed by atoms with E-state index < -0.39 is 0 Å². The highest BCUT2D eigenvalue weighted by atomic mass is 35.5. The summed E-state index contributed by atoms with van der Waals surface area (Å²) < 4.78 is 9.80. The molecule has 2 rings (SSSR count). The number of hydrogen-bond donors (Lipinski definition) is 1. The van der Waals surface area contributed by atoms with E-state index in [0.717, 1.165) is 12.1 Å². The van der Waals surface area contributed by atoms with Gasteiger partial charge in [0.2, 0.25) is 0 Å². The summed E-state index contributed by atoms with van der Waals surface area (Å²) >= 11 is 0. The van der Waals surface area contributed by atoms with Gasteiger partial charge in [0.25, 0.3) is 5.89 Å². The minimum atomic E-state index is -0.369. The fraction of sp³-hybridized carbons (Fsp3) is 0.308. The van der Waals surface area contributed by atoms with E-state index in [1.165, 1.54) is 7.11 Å². The summed E-state index contributed by atoms with van der Waals surface area (Å²) in [6.45, 7) is 0.792. The summed E-state index contributed by atoms with van der Waals surface area (Å²) in [7, 11) is 3.22. The molecule has 1 N–H and O–H groups in total. The van der Waals surface area contributed by atoms with E-state index in [2.05, 4.69) is 20.2 Å². The molecule has 1 heterocycles. The molecule has 0 aliphatic heterocycles. The Morgan fingerprint density at radius 3 is 2.65 bits per heavy atom. The van der Waals surface area contributed by atoms with Gasteiger partial charge in [0, 0.05) is 18.5 Å². The van der Waals surface area contributed by atoms with Crippen LogP contribution in [-0.2, 0) is 11.2 Å². The number of hydrogen-bond acceptors (Lipinski definition) is 6. The van der Waals surface area contributed by atoms with Crippen molar-refractivity contribution in [1.29, 1.82) is 0 Å². The predicted molar refractivity (Wildman–Crippen MR) is 76.0 cm³/mol. The van der Waals surface area contributed by atoms with Crippen LogP contribution in [0.25, 0.3) is 11.5 Å². The number of likely N-dealkylation sites (N-methyl/N-ethyl adjacent to an activating group) is 1. The highest BCUT2D eigenvalue weighted by molar-refractivity contribution is 5.89. The molecule has 0 amide bonds. The Hall–Kier alpha value is -1.92. The van der Waals surface area contributed by atoms with Gasteiger partial charge < -0.3 is 14.6 Å². The molecule has 0 aliphatic rings. The molecular formula is C13H16ClN3O3. The smallest absolute Gasteiger partial charge is 0.337 e. The van der Waals surface area contributed by atoms with Gasteiger partial charge in [-0.15, -0.1) is 12.4 Å². The average Bonchev–Trinajstić information content (AvgIpc) is 2.93. The van der Waals surface area contributed by atoms with Crippen molar-refractivity contribution in [1.82, 2.24) is 15.5 Å². The van der Waals surface area contributed by atoms with Gasteiger partial charge in [0.15, 0.2) is 5.82 Å². The van der Waals surface area contributed by atoms with Crippen molar-refractivity contribution in [2.75, 3.05) is 20.7 Å². The minimum absolute atomic E-state index is 0. The van der Waals surface area contributed by atoms with E-state index in [1.54, 1.807) is 24.3 Å². The van der Waals surface area contributed by atoms with Crippen LogP contribution in [-0.4, -0.2) is 36.8 Å². The Labute approximate surface area is 122 Å². The van der Waals surface area contributed by atoms with Crippen LogP contribution >= 0.6 is 12.4 Å². The first-order valence-corrected chi connectivity index (χ1v) is 5.90. The third-order valence-electron chi connectivity index (χ3n) is 2.62. The predicted octanol–water partition coefficient (Wildman–Crippen LogP) is 1.71. The lowest BCUT2D eigenvalue weighted by Crippen LogP contribution is -2.10. The molecule has 0 unspecified atom stereocenters. The second-order valence-electron chi connectivity index (χ2n) is 3.94. The van der Waals surface area contributed by atoms with Crippen LogP contribution in [0.4, 0.5) is 0 Å². The Kier molecular flexibility index (Phi) is 6.14. The molecule has 1 aromatic heterocycles. The number of methoxy groups -OCH3 is 1. The summed E-state index contributed by atoms with van der Waals surface area (Å²) in [4.78, 5) is 15.6. The molecular weight excluding hydrogens is 282 g/mol. The highest BCUT2D eigenvalue weighted by Gasteiger charge is 2.10. The van der Waals surface area contributed by atoms with E-state index in [-0.39, 0.29) is 18.4 Å². The van der Waals surface area contributed by atoms with Crippen molar-refractivity contribution in [3.05, 3.63) is 35.7 Å². The summed E-state index contributed by atoms with van der Waals surface area (Å²) in [6, 6.07) is 6.83.